The molecule has 0 fully saturated rings. The molecule has 0 amide bonds. The van der Waals surface area contributed by atoms with Gasteiger partial charge >= 0.3 is 0 Å². The van der Waals surface area contributed by atoms with Crippen molar-refractivity contribution in [1.29, 1.82) is 0 Å². The normalized spacial score (nSPS) is 11.7. The number of hydrogen-bond acceptors (Lipinski definition) is 5. The number of hydrogen-bond donors (Lipinski definition) is 1. The van der Waals surface area contributed by atoms with Crippen LogP contribution in [-0.2, 0) is 20.0 Å². The van der Waals surface area contributed by atoms with Crippen molar-refractivity contribution < 1.29 is 26.0 Å². The lowest BCUT2D eigenvalue weighted by molar-refractivity contribution is 0.416. The fraction of sp³-hybridized carbons (Fsp3) is 0.143. The van der Waals surface area contributed by atoms with E-state index in [0.29, 0.717) is 5.69 Å². The summed E-state index contributed by atoms with van der Waals surface area (Å²) in [7, 11) is -6.86. The number of ether oxygens (including phenoxy) is 1. The first-order chi connectivity index (χ1) is 14.7. The Morgan fingerprint density at radius 1 is 0.903 bits per heavy atom. The van der Waals surface area contributed by atoms with E-state index in [2.05, 4.69) is 4.72 Å². The van der Waals surface area contributed by atoms with Crippen molar-refractivity contribution >= 4 is 31.4 Å². The summed E-state index contributed by atoms with van der Waals surface area (Å²) in [5, 5.41) is 0. The number of benzene rings is 3. The molecule has 0 spiro atoms. The number of para-hydroxylation sites is 1. The summed E-state index contributed by atoms with van der Waals surface area (Å²) >= 11 is 0. The third kappa shape index (κ3) is 4.80. The molecule has 0 saturated heterocycles. The van der Waals surface area contributed by atoms with E-state index in [-0.39, 0.29) is 27.8 Å². The molecule has 164 valence electrons. The molecule has 0 aromatic heterocycles. The van der Waals surface area contributed by atoms with E-state index in [1.165, 1.54) is 41.7 Å². The van der Waals surface area contributed by atoms with Crippen LogP contribution >= 0.6 is 0 Å². The Labute approximate surface area is 181 Å². The van der Waals surface area contributed by atoms with Crippen LogP contribution < -0.4 is 13.8 Å². The zero-order chi connectivity index (χ0) is 22.6. The van der Waals surface area contributed by atoms with Crippen molar-refractivity contribution in [3.63, 3.8) is 0 Å². The predicted octanol–water partition coefficient (Wildman–Crippen LogP) is 3.85. The molecule has 0 heterocycles. The van der Waals surface area contributed by atoms with E-state index in [1.807, 2.05) is 0 Å². The number of halogens is 1. The number of nitrogens with one attached hydrogen (secondary N) is 1. The van der Waals surface area contributed by atoms with E-state index >= 15 is 0 Å². The van der Waals surface area contributed by atoms with Crippen LogP contribution in [0.3, 0.4) is 0 Å². The first-order valence-electron chi connectivity index (χ1n) is 9.23. The maximum atomic E-state index is 13.5. The molecule has 0 aliphatic carbocycles. The molecule has 0 aliphatic rings. The summed E-state index contributed by atoms with van der Waals surface area (Å²) in [6.07, 6.45) is 0. The smallest absolute Gasteiger partial charge is 0.264 e. The zero-order valence-corrected chi connectivity index (χ0v) is 18.5. The fourth-order valence-corrected chi connectivity index (χ4v) is 5.57. The molecule has 0 radical (unpaired) electrons. The third-order valence-corrected chi connectivity index (χ3v) is 7.70. The minimum Gasteiger partial charge on any atom is -0.495 e. The lowest BCUT2D eigenvalue weighted by Gasteiger charge is -2.23. The van der Waals surface area contributed by atoms with E-state index in [0.717, 1.165) is 12.1 Å². The first-order valence-corrected chi connectivity index (χ1v) is 12.2. The van der Waals surface area contributed by atoms with Crippen molar-refractivity contribution in [3.05, 3.63) is 78.6 Å². The molecular formula is C21H21FN2O5S2. The monoisotopic (exact) mass is 464 g/mol. The molecule has 7 nitrogen and oxygen atoms in total. The van der Waals surface area contributed by atoms with Gasteiger partial charge in [0.2, 0.25) is 0 Å². The highest BCUT2D eigenvalue weighted by Crippen LogP contribution is 2.32. The topological polar surface area (TPSA) is 92.8 Å². The number of rotatable bonds is 8. The summed E-state index contributed by atoms with van der Waals surface area (Å²) in [6.45, 7) is 1.87. The van der Waals surface area contributed by atoms with E-state index in [1.54, 1.807) is 37.3 Å². The molecule has 3 aromatic rings. The molecule has 1 N–H and O–H groups in total. The number of anilines is 2. The van der Waals surface area contributed by atoms with Gasteiger partial charge in [0.1, 0.15) is 11.6 Å². The largest absolute Gasteiger partial charge is 0.495 e. The molecule has 0 unspecified atom stereocenters. The van der Waals surface area contributed by atoms with Crippen molar-refractivity contribution in [3.8, 4) is 5.75 Å². The van der Waals surface area contributed by atoms with Gasteiger partial charge in [-0.1, -0.05) is 24.3 Å². The molecular weight excluding hydrogens is 443 g/mol. The second-order valence-corrected chi connectivity index (χ2v) is 9.98. The number of sulfonamides is 2. The Balaban J connectivity index is 2.04. The lowest BCUT2D eigenvalue weighted by atomic mass is 10.3. The summed E-state index contributed by atoms with van der Waals surface area (Å²) in [5.74, 6) is -0.602. The van der Waals surface area contributed by atoms with Crippen molar-refractivity contribution in [2.75, 3.05) is 22.7 Å². The molecule has 31 heavy (non-hydrogen) atoms. The highest BCUT2D eigenvalue weighted by Gasteiger charge is 2.26. The van der Waals surface area contributed by atoms with Crippen LogP contribution in [-0.4, -0.2) is 30.5 Å². The highest BCUT2D eigenvalue weighted by atomic mass is 32.2. The van der Waals surface area contributed by atoms with Gasteiger partial charge in [0.05, 0.1) is 28.3 Å². The maximum absolute atomic E-state index is 13.5. The van der Waals surface area contributed by atoms with E-state index in [9.17, 15) is 21.2 Å². The van der Waals surface area contributed by atoms with Gasteiger partial charge < -0.3 is 4.74 Å². The molecule has 0 aliphatic heterocycles. The van der Waals surface area contributed by atoms with E-state index in [4.69, 9.17) is 4.74 Å². The maximum Gasteiger partial charge on any atom is 0.264 e. The minimum absolute atomic E-state index is 0.0862. The van der Waals surface area contributed by atoms with E-state index < -0.39 is 25.9 Å². The fourth-order valence-electron chi connectivity index (χ4n) is 2.98. The lowest BCUT2D eigenvalue weighted by Crippen LogP contribution is -2.30. The van der Waals surface area contributed by atoms with Gasteiger partial charge in [0.15, 0.2) is 0 Å². The van der Waals surface area contributed by atoms with Crippen LogP contribution in [0, 0.1) is 5.82 Å². The minimum atomic E-state index is -4.19. The van der Waals surface area contributed by atoms with Crippen LogP contribution in [0.15, 0.2) is 82.6 Å². The summed E-state index contributed by atoms with van der Waals surface area (Å²) in [5.41, 5.74) is 0.389. The summed E-state index contributed by atoms with van der Waals surface area (Å²) < 4.78 is 74.1. The first kappa shape index (κ1) is 22.6. The van der Waals surface area contributed by atoms with Crippen molar-refractivity contribution in [2.45, 2.75) is 16.7 Å². The Kier molecular flexibility index (Phi) is 6.51. The average molecular weight is 465 g/mol. The van der Waals surface area contributed by atoms with Crippen molar-refractivity contribution in [1.82, 2.24) is 0 Å². The van der Waals surface area contributed by atoms with Gasteiger partial charge in [-0.05, 0) is 55.5 Å². The molecule has 3 rings (SSSR count). The second-order valence-electron chi connectivity index (χ2n) is 6.43. The summed E-state index contributed by atoms with van der Waals surface area (Å²) in [4.78, 5) is -0.432. The standard InChI is InChI=1S/C21H21FN2O5S2/c1-3-24(17-9-5-4-6-10-17)31(27,28)19-12-13-21(29-2)20(15-19)23-30(25,26)18-11-7-8-16(22)14-18/h4-15,23H,3H2,1-2H3. The van der Waals surface area contributed by atoms with Crippen LogP contribution in [0.5, 0.6) is 5.75 Å². The van der Waals surface area contributed by atoms with Gasteiger partial charge in [-0.15, -0.1) is 0 Å². The van der Waals surface area contributed by atoms with Crippen LogP contribution in [0.4, 0.5) is 15.8 Å². The van der Waals surface area contributed by atoms with Gasteiger partial charge in [-0.2, -0.15) is 0 Å². The van der Waals surface area contributed by atoms with Crippen molar-refractivity contribution in [2.24, 2.45) is 0 Å². The summed E-state index contributed by atoms with van der Waals surface area (Å²) in [6, 6.07) is 16.9. The third-order valence-electron chi connectivity index (χ3n) is 4.44. The second kappa shape index (κ2) is 8.94. The molecule has 0 saturated carbocycles. The SMILES string of the molecule is CCN(c1ccccc1)S(=O)(=O)c1ccc(OC)c(NS(=O)(=O)c2cccc(F)c2)c1. The quantitative estimate of drug-likeness (QED) is 0.547. The number of nitrogens with zero attached hydrogens (tertiary/aromatic N) is 1. The average Bonchev–Trinajstić information content (AvgIpc) is 2.74. The Morgan fingerprint density at radius 3 is 2.23 bits per heavy atom. The highest BCUT2D eigenvalue weighted by molar-refractivity contribution is 7.93. The van der Waals surface area contributed by atoms with Gasteiger partial charge in [0.25, 0.3) is 20.0 Å². The van der Waals surface area contributed by atoms with Crippen LogP contribution in [0.2, 0.25) is 0 Å². The predicted molar refractivity (Wildman–Crippen MR) is 117 cm³/mol. The van der Waals surface area contributed by atoms with Gasteiger partial charge in [0, 0.05) is 6.54 Å². The molecule has 3 aromatic carbocycles. The van der Waals surface area contributed by atoms with Gasteiger partial charge in [-0.25, -0.2) is 21.2 Å². The zero-order valence-electron chi connectivity index (χ0n) is 16.8. The Bertz CT molecular complexity index is 1280. The Morgan fingerprint density at radius 2 is 1.61 bits per heavy atom. The van der Waals surface area contributed by atoms with Gasteiger partial charge in [-0.3, -0.25) is 9.03 Å². The molecule has 10 heteroatoms. The van der Waals surface area contributed by atoms with Crippen LogP contribution in [0.25, 0.3) is 0 Å². The number of methoxy groups -OCH3 is 1. The molecule has 0 atom stereocenters. The Hall–Kier alpha value is -3.11. The molecule has 0 bridgehead atoms. The van der Waals surface area contributed by atoms with Crippen LogP contribution in [0.1, 0.15) is 6.92 Å².